The molecule has 1 aromatic carbocycles. The maximum atomic E-state index is 8.71. The van der Waals surface area contributed by atoms with Crippen molar-refractivity contribution in [2.45, 2.75) is 13.0 Å². The monoisotopic (exact) mass is 244 g/mol. The van der Waals surface area contributed by atoms with Gasteiger partial charge >= 0.3 is 0 Å². The van der Waals surface area contributed by atoms with Crippen molar-refractivity contribution in [3.8, 4) is 6.07 Å². The SMILES string of the molecule is Cc1cccc(N2CCN(CC(N)C#N)CC2)c1. The van der Waals surface area contributed by atoms with Crippen LogP contribution in [0.25, 0.3) is 0 Å². The van der Waals surface area contributed by atoms with Crippen LogP contribution < -0.4 is 10.6 Å². The van der Waals surface area contributed by atoms with E-state index in [0.29, 0.717) is 6.54 Å². The molecule has 1 aromatic rings. The summed E-state index contributed by atoms with van der Waals surface area (Å²) in [6.07, 6.45) is 0. The first-order valence-electron chi connectivity index (χ1n) is 6.38. The Morgan fingerprint density at radius 1 is 1.33 bits per heavy atom. The Bertz CT molecular complexity index is 430. The molecule has 1 atom stereocenters. The second-order valence-electron chi connectivity index (χ2n) is 4.86. The van der Waals surface area contributed by atoms with E-state index in [2.05, 4.69) is 47.1 Å². The van der Waals surface area contributed by atoms with E-state index < -0.39 is 0 Å². The van der Waals surface area contributed by atoms with Gasteiger partial charge in [-0.05, 0) is 24.6 Å². The average molecular weight is 244 g/mol. The van der Waals surface area contributed by atoms with Gasteiger partial charge in [-0.3, -0.25) is 4.90 Å². The zero-order chi connectivity index (χ0) is 13.0. The van der Waals surface area contributed by atoms with Gasteiger partial charge in [0.2, 0.25) is 0 Å². The Kier molecular flexibility index (Phi) is 4.19. The lowest BCUT2D eigenvalue weighted by molar-refractivity contribution is 0.254. The normalized spacial score (nSPS) is 18.4. The number of aryl methyl sites for hydroxylation is 1. The summed E-state index contributed by atoms with van der Waals surface area (Å²) >= 11 is 0. The van der Waals surface area contributed by atoms with E-state index in [9.17, 15) is 0 Å². The Morgan fingerprint density at radius 3 is 2.67 bits per heavy atom. The molecule has 2 rings (SSSR count). The molecule has 18 heavy (non-hydrogen) atoms. The number of benzene rings is 1. The number of rotatable bonds is 3. The lowest BCUT2D eigenvalue weighted by Gasteiger charge is -2.36. The molecule has 1 fully saturated rings. The summed E-state index contributed by atoms with van der Waals surface area (Å²) in [6.45, 7) is 6.75. The molecule has 2 N–H and O–H groups in total. The quantitative estimate of drug-likeness (QED) is 0.860. The van der Waals surface area contributed by atoms with Gasteiger partial charge in [0.15, 0.2) is 0 Å². The number of nitrogens with two attached hydrogens (primary N) is 1. The molecule has 0 amide bonds. The summed E-state index contributed by atoms with van der Waals surface area (Å²) in [5, 5.41) is 8.71. The van der Waals surface area contributed by atoms with Crippen LogP contribution in [0.2, 0.25) is 0 Å². The first-order valence-corrected chi connectivity index (χ1v) is 6.38. The molecule has 0 aliphatic carbocycles. The zero-order valence-electron chi connectivity index (χ0n) is 10.8. The smallest absolute Gasteiger partial charge is 0.106 e. The number of piperazine rings is 1. The van der Waals surface area contributed by atoms with Crippen molar-refractivity contribution >= 4 is 5.69 Å². The Balaban J connectivity index is 1.89. The highest BCUT2D eigenvalue weighted by Gasteiger charge is 2.18. The van der Waals surface area contributed by atoms with Crippen molar-refractivity contribution in [2.24, 2.45) is 5.73 Å². The molecule has 96 valence electrons. The van der Waals surface area contributed by atoms with Gasteiger partial charge < -0.3 is 10.6 Å². The lowest BCUT2D eigenvalue weighted by Crippen LogP contribution is -2.49. The minimum atomic E-state index is -0.365. The second-order valence-corrected chi connectivity index (χ2v) is 4.86. The van der Waals surface area contributed by atoms with Crippen molar-refractivity contribution in [2.75, 3.05) is 37.6 Å². The number of nitrogens with zero attached hydrogens (tertiary/aromatic N) is 3. The highest BCUT2D eigenvalue weighted by atomic mass is 15.3. The van der Waals surface area contributed by atoms with Crippen LogP contribution in [0.5, 0.6) is 0 Å². The maximum Gasteiger partial charge on any atom is 0.106 e. The number of nitriles is 1. The van der Waals surface area contributed by atoms with Crippen molar-refractivity contribution < 1.29 is 0 Å². The van der Waals surface area contributed by atoms with Crippen LogP contribution in [0.15, 0.2) is 24.3 Å². The predicted octanol–water partition coefficient (Wildman–Crippen LogP) is 0.968. The highest BCUT2D eigenvalue weighted by molar-refractivity contribution is 5.48. The van der Waals surface area contributed by atoms with Gasteiger partial charge in [-0.1, -0.05) is 12.1 Å². The van der Waals surface area contributed by atoms with Crippen LogP contribution in [-0.4, -0.2) is 43.7 Å². The fraction of sp³-hybridized carbons (Fsp3) is 0.500. The van der Waals surface area contributed by atoms with Crippen LogP contribution in [0.4, 0.5) is 5.69 Å². The highest BCUT2D eigenvalue weighted by Crippen LogP contribution is 2.17. The van der Waals surface area contributed by atoms with E-state index in [-0.39, 0.29) is 6.04 Å². The van der Waals surface area contributed by atoms with Crippen molar-refractivity contribution in [3.05, 3.63) is 29.8 Å². The van der Waals surface area contributed by atoms with Crippen LogP contribution >= 0.6 is 0 Å². The Morgan fingerprint density at radius 2 is 2.06 bits per heavy atom. The summed E-state index contributed by atoms with van der Waals surface area (Å²) in [5.74, 6) is 0. The van der Waals surface area contributed by atoms with E-state index in [4.69, 9.17) is 11.0 Å². The second kappa shape index (κ2) is 5.85. The van der Waals surface area contributed by atoms with Gasteiger partial charge in [-0.25, -0.2) is 0 Å². The number of hydrogen-bond donors (Lipinski definition) is 1. The van der Waals surface area contributed by atoms with Crippen molar-refractivity contribution in [3.63, 3.8) is 0 Å². The Hall–Kier alpha value is -1.57. The molecular weight excluding hydrogens is 224 g/mol. The molecule has 0 aromatic heterocycles. The third kappa shape index (κ3) is 3.22. The van der Waals surface area contributed by atoms with Gasteiger partial charge in [-0.15, -0.1) is 0 Å². The van der Waals surface area contributed by atoms with E-state index in [1.165, 1.54) is 11.3 Å². The van der Waals surface area contributed by atoms with Gasteiger partial charge in [0.05, 0.1) is 6.07 Å². The van der Waals surface area contributed by atoms with Crippen LogP contribution in [-0.2, 0) is 0 Å². The molecule has 1 heterocycles. The van der Waals surface area contributed by atoms with E-state index >= 15 is 0 Å². The van der Waals surface area contributed by atoms with Gasteiger partial charge in [-0.2, -0.15) is 5.26 Å². The van der Waals surface area contributed by atoms with Crippen molar-refractivity contribution in [1.29, 1.82) is 5.26 Å². The fourth-order valence-electron chi connectivity index (χ4n) is 2.33. The molecule has 1 unspecified atom stereocenters. The summed E-state index contributed by atoms with van der Waals surface area (Å²) in [4.78, 5) is 4.65. The minimum Gasteiger partial charge on any atom is -0.369 e. The van der Waals surface area contributed by atoms with E-state index in [0.717, 1.165) is 26.2 Å². The third-order valence-electron chi connectivity index (χ3n) is 3.36. The summed E-state index contributed by atoms with van der Waals surface area (Å²) in [5.41, 5.74) is 8.24. The van der Waals surface area contributed by atoms with Gasteiger partial charge in [0, 0.05) is 38.4 Å². The molecule has 0 saturated carbocycles. The molecule has 1 aliphatic rings. The molecule has 0 bridgehead atoms. The first kappa shape index (κ1) is 12.9. The molecule has 0 radical (unpaired) electrons. The zero-order valence-corrected chi connectivity index (χ0v) is 10.8. The van der Waals surface area contributed by atoms with Crippen LogP contribution in [0.1, 0.15) is 5.56 Å². The summed E-state index contributed by atoms with van der Waals surface area (Å²) in [7, 11) is 0. The topological polar surface area (TPSA) is 56.3 Å². The fourth-order valence-corrected chi connectivity index (χ4v) is 2.33. The van der Waals surface area contributed by atoms with Gasteiger partial charge in [0.1, 0.15) is 6.04 Å². The molecule has 4 nitrogen and oxygen atoms in total. The van der Waals surface area contributed by atoms with Crippen LogP contribution in [0.3, 0.4) is 0 Å². The Labute approximate surface area is 109 Å². The maximum absolute atomic E-state index is 8.71. The summed E-state index contributed by atoms with van der Waals surface area (Å²) < 4.78 is 0. The van der Waals surface area contributed by atoms with Crippen molar-refractivity contribution in [1.82, 2.24) is 4.90 Å². The number of hydrogen-bond acceptors (Lipinski definition) is 4. The van der Waals surface area contributed by atoms with E-state index in [1.807, 2.05) is 0 Å². The summed E-state index contributed by atoms with van der Waals surface area (Å²) in [6, 6.07) is 10.3. The molecule has 4 heteroatoms. The molecule has 1 saturated heterocycles. The first-order chi connectivity index (χ1) is 8.69. The number of anilines is 1. The van der Waals surface area contributed by atoms with E-state index in [1.54, 1.807) is 0 Å². The molecule has 1 aliphatic heterocycles. The lowest BCUT2D eigenvalue weighted by atomic mass is 10.2. The van der Waals surface area contributed by atoms with Crippen LogP contribution in [0, 0.1) is 18.3 Å². The predicted molar refractivity (Wildman–Crippen MR) is 73.4 cm³/mol. The molecular formula is C14H20N4. The average Bonchev–Trinajstić information content (AvgIpc) is 2.39. The van der Waals surface area contributed by atoms with Gasteiger partial charge in [0.25, 0.3) is 0 Å². The standard InChI is InChI=1S/C14H20N4/c1-12-3-2-4-14(9-12)18-7-5-17(6-8-18)11-13(16)10-15/h2-4,9,13H,5-8,11,16H2,1H3. The molecule has 0 spiro atoms. The third-order valence-corrected chi connectivity index (χ3v) is 3.36. The largest absolute Gasteiger partial charge is 0.369 e. The minimum absolute atomic E-state index is 0.365.